The van der Waals surface area contributed by atoms with Gasteiger partial charge in [0.2, 0.25) is 0 Å². The van der Waals surface area contributed by atoms with Gasteiger partial charge in [0.25, 0.3) is 0 Å². The van der Waals surface area contributed by atoms with Crippen LogP contribution in [-0.4, -0.2) is 32.1 Å². The number of ether oxygens (including phenoxy) is 2. The van der Waals surface area contributed by atoms with E-state index in [0.29, 0.717) is 25.9 Å². The molecule has 0 atom stereocenters. The third-order valence-corrected chi connectivity index (χ3v) is 12.6. The number of carbonyl (C=O) groups is 2. The Morgan fingerprint density at radius 2 is 0.614 bits per heavy atom. The molecule has 0 N–H and O–H groups in total. The fourth-order valence-corrected chi connectivity index (χ4v) is 8.72. The number of aryl methyl sites for hydroxylation is 2. The van der Waals surface area contributed by atoms with Crippen molar-refractivity contribution in [2.24, 2.45) is 0 Å². The lowest BCUT2D eigenvalue weighted by Gasteiger charge is -2.26. The summed E-state index contributed by atoms with van der Waals surface area (Å²) < 4.78 is 10.3. The molecule has 0 spiro atoms. The molecule has 70 heavy (non-hydrogen) atoms. The molecule has 9 aromatic carbocycles. The molecule has 0 aliphatic heterocycles. The van der Waals surface area contributed by atoms with Gasteiger partial charge in [-0.15, -0.1) is 0 Å². The summed E-state index contributed by atoms with van der Waals surface area (Å²) in [7, 11) is 1.59. The number of benzene rings is 9. The number of esters is 1. The average molecular weight is 917 g/mol. The molecule has 9 rings (SSSR count). The molecule has 0 amide bonds. The van der Waals surface area contributed by atoms with Crippen molar-refractivity contribution in [3.8, 4) is 44.5 Å². The minimum atomic E-state index is -0.225. The van der Waals surface area contributed by atoms with Crippen LogP contribution in [0, 0.1) is 0 Å². The number of ketones is 1. The zero-order valence-corrected chi connectivity index (χ0v) is 39.7. The lowest BCUT2D eigenvalue weighted by atomic mass is 9.99. The van der Waals surface area contributed by atoms with Gasteiger partial charge < -0.3 is 24.1 Å². The van der Waals surface area contributed by atoms with Gasteiger partial charge in [-0.25, -0.2) is 0 Å². The predicted octanol–water partition coefficient (Wildman–Crippen LogP) is 15.9. The molecule has 9 aromatic rings. The van der Waals surface area contributed by atoms with Crippen LogP contribution < -0.4 is 9.80 Å². The van der Waals surface area contributed by atoms with E-state index >= 15 is 0 Å². The Bertz CT molecular complexity index is 3080. The number of hydrogen-bond acceptors (Lipinski definition) is 6. The highest BCUT2D eigenvalue weighted by atomic mass is 16.6. The molecular weight excluding hydrogens is 861 g/mol. The maximum atomic E-state index is 12.3. The first-order chi connectivity index (χ1) is 34.4. The second-order valence-corrected chi connectivity index (χ2v) is 17.4. The van der Waals surface area contributed by atoms with Gasteiger partial charge in [-0.2, -0.15) is 0 Å². The third kappa shape index (κ3) is 11.7. The molecule has 346 valence electrons. The quantitative estimate of drug-likeness (QED) is 0.0595. The van der Waals surface area contributed by atoms with Crippen LogP contribution in [-0.2, 0) is 31.9 Å². The topological polar surface area (TPSA) is 59.1 Å². The fourth-order valence-electron chi connectivity index (χ4n) is 8.72. The Morgan fingerprint density at radius 1 is 0.343 bits per heavy atom. The van der Waals surface area contributed by atoms with Crippen LogP contribution in [0.3, 0.4) is 0 Å². The molecule has 0 aliphatic carbocycles. The molecule has 0 aromatic heterocycles. The largest absolute Gasteiger partial charge is 0.463 e. The Hall–Kier alpha value is -8.32. The van der Waals surface area contributed by atoms with Crippen molar-refractivity contribution in [1.29, 1.82) is 0 Å². The van der Waals surface area contributed by atoms with Crippen LogP contribution in [0.2, 0.25) is 0 Å². The fraction of sp³-hybridized carbons (Fsp3) is 0.125. The number of Topliss-reactive ketones (excluding diaryl/α,β-unsaturated/α-hetero) is 1. The average Bonchev–Trinajstić information content (AvgIpc) is 3.42. The highest BCUT2D eigenvalue weighted by Crippen LogP contribution is 2.39. The first-order valence-corrected chi connectivity index (χ1v) is 23.9. The summed E-state index contributed by atoms with van der Waals surface area (Å²) in [6, 6.07) is 81.5. The van der Waals surface area contributed by atoms with E-state index in [1.165, 1.54) is 16.7 Å². The van der Waals surface area contributed by atoms with Crippen molar-refractivity contribution in [2.75, 3.05) is 30.1 Å². The monoisotopic (exact) mass is 916 g/mol. The molecule has 0 saturated carbocycles. The molecule has 0 radical (unpaired) electrons. The van der Waals surface area contributed by atoms with Gasteiger partial charge in [-0.3, -0.25) is 4.79 Å². The summed E-state index contributed by atoms with van der Waals surface area (Å²) in [6.45, 7) is 2.30. The van der Waals surface area contributed by atoms with Gasteiger partial charge in [0.05, 0.1) is 6.61 Å². The van der Waals surface area contributed by atoms with Crippen LogP contribution in [0.15, 0.2) is 231 Å². The van der Waals surface area contributed by atoms with Gasteiger partial charge in [0.15, 0.2) is 0 Å². The lowest BCUT2D eigenvalue weighted by molar-refractivity contribution is -0.144. The maximum Gasteiger partial charge on any atom is 0.306 e. The molecule has 0 bridgehead atoms. The Morgan fingerprint density at radius 3 is 0.914 bits per heavy atom. The van der Waals surface area contributed by atoms with E-state index in [1.807, 2.05) is 12.1 Å². The number of rotatable bonds is 19. The lowest BCUT2D eigenvalue weighted by Crippen LogP contribution is -2.11. The van der Waals surface area contributed by atoms with Crippen LogP contribution >= 0.6 is 0 Å². The molecule has 0 fully saturated rings. The first kappa shape index (κ1) is 46.8. The second-order valence-electron chi connectivity index (χ2n) is 17.4. The highest BCUT2D eigenvalue weighted by molar-refractivity contribution is 5.83. The van der Waals surface area contributed by atoms with E-state index in [2.05, 4.69) is 228 Å². The summed E-state index contributed by atoms with van der Waals surface area (Å²) in [6.07, 6.45) is 2.19. The minimum Gasteiger partial charge on any atom is -0.463 e. The van der Waals surface area contributed by atoms with E-state index in [-0.39, 0.29) is 18.4 Å². The number of anilines is 6. The van der Waals surface area contributed by atoms with Crippen molar-refractivity contribution in [1.82, 2.24) is 0 Å². The zero-order chi connectivity index (χ0) is 48.1. The maximum absolute atomic E-state index is 12.3. The van der Waals surface area contributed by atoms with Gasteiger partial charge in [-0.1, -0.05) is 158 Å². The van der Waals surface area contributed by atoms with Crippen LogP contribution in [0.4, 0.5) is 34.1 Å². The van der Waals surface area contributed by atoms with Crippen LogP contribution in [0.1, 0.15) is 30.9 Å². The molecule has 0 saturated heterocycles. The van der Waals surface area contributed by atoms with Gasteiger partial charge in [-0.05, 0) is 148 Å². The van der Waals surface area contributed by atoms with Gasteiger partial charge in [0, 0.05) is 54.1 Å². The van der Waals surface area contributed by atoms with Crippen molar-refractivity contribution >= 4 is 45.9 Å². The molecule has 6 heteroatoms. The number of methoxy groups -OCH3 is 1. The summed E-state index contributed by atoms with van der Waals surface area (Å²) in [5.74, 6) is -0.0252. The highest BCUT2D eigenvalue weighted by Gasteiger charge is 2.16. The second kappa shape index (κ2) is 22.7. The third-order valence-electron chi connectivity index (χ3n) is 12.6. The number of carbonyl (C=O) groups excluding carboxylic acids is 2. The zero-order valence-electron chi connectivity index (χ0n) is 39.7. The Balaban J connectivity index is 0.936. The van der Waals surface area contributed by atoms with E-state index in [9.17, 15) is 9.59 Å². The van der Waals surface area contributed by atoms with E-state index < -0.39 is 0 Å². The van der Waals surface area contributed by atoms with Crippen LogP contribution in [0.5, 0.6) is 0 Å². The molecule has 0 unspecified atom stereocenters. The van der Waals surface area contributed by atoms with Crippen LogP contribution in [0.25, 0.3) is 44.5 Å². The van der Waals surface area contributed by atoms with Crippen molar-refractivity contribution in [3.63, 3.8) is 0 Å². The normalized spacial score (nSPS) is 10.9. The number of hydrogen-bond donors (Lipinski definition) is 0. The van der Waals surface area contributed by atoms with Gasteiger partial charge >= 0.3 is 5.97 Å². The molecular formula is C64H56N2O4. The molecule has 0 aliphatic rings. The SMILES string of the molecule is COCCOC(=O)CCc1ccc(N(c2ccc(-c3ccccc3)cc2)c2ccc(-c3ccc(-c4ccc(N(c5ccc(CCC(C)=O)cc5)c5ccc(-c6ccccc6)cc5)cc4)cc3)cc2)cc1. The summed E-state index contributed by atoms with van der Waals surface area (Å²) >= 11 is 0. The smallest absolute Gasteiger partial charge is 0.306 e. The summed E-state index contributed by atoms with van der Waals surface area (Å²) in [5, 5.41) is 0. The van der Waals surface area contributed by atoms with Crippen molar-refractivity contribution in [2.45, 2.75) is 32.6 Å². The molecule has 6 nitrogen and oxygen atoms in total. The number of nitrogens with zero attached hydrogens (tertiary/aromatic N) is 2. The minimum absolute atomic E-state index is 0.200. The Kier molecular flexibility index (Phi) is 15.1. The molecule has 0 heterocycles. The summed E-state index contributed by atoms with van der Waals surface area (Å²) in [4.78, 5) is 28.5. The van der Waals surface area contributed by atoms with E-state index in [1.54, 1.807) is 14.0 Å². The Labute approximate surface area is 412 Å². The van der Waals surface area contributed by atoms with Gasteiger partial charge in [0.1, 0.15) is 12.4 Å². The predicted molar refractivity (Wildman–Crippen MR) is 288 cm³/mol. The van der Waals surface area contributed by atoms with Crippen molar-refractivity contribution < 1.29 is 19.1 Å². The van der Waals surface area contributed by atoms with E-state index in [4.69, 9.17) is 9.47 Å². The van der Waals surface area contributed by atoms with Crippen molar-refractivity contribution in [3.05, 3.63) is 242 Å². The standard InChI is InChI=1S/C64H56N2O4/c1-47(67)13-14-48-15-32-58(33-16-48)65(60-36-24-54(25-37-60)50-9-5-3-6-10-50)62-40-28-56(29-41-62)52-20-22-53(23-21-52)57-30-42-63(43-31-57)66(61-38-26-55(27-39-61)51-11-7-4-8-12-51)59-34-17-49(18-35-59)19-44-64(68)70-46-45-69-2/h3-12,15-18,20-43H,13-14,19,44-46H2,1-2H3. The summed E-state index contributed by atoms with van der Waals surface area (Å²) in [5.41, 5.74) is 17.7. The first-order valence-electron chi connectivity index (χ1n) is 23.9. The van der Waals surface area contributed by atoms with E-state index in [0.717, 1.165) is 79.5 Å².